The molecule has 0 nitrogen and oxygen atoms in total. The maximum Gasteiger partial charge on any atom is 0.0940 e. The van der Waals surface area contributed by atoms with Crippen LogP contribution in [0.15, 0.2) is 60.7 Å². The summed E-state index contributed by atoms with van der Waals surface area (Å²) in [7, 11) is 0.835. The number of fused-ring (bicyclic) bond motifs is 1. The predicted octanol–water partition coefficient (Wildman–Crippen LogP) is 3.17. The number of rotatable bonds is 2. The molecule has 2 aromatic carbocycles. The van der Waals surface area contributed by atoms with Gasteiger partial charge in [0.05, 0.1) is 9.52 Å². The first-order chi connectivity index (χ1) is 8.34. The van der Waals surface area contributed by atoms with Crippen LogP contribution < -0.4 is 5.19 Å². The average Bonchev–Trinajstić information content (AvgIpc) is 2.69. The van der Waals surface area contributed by atoms with E-state index < -0.39 is 0 Å². The van der Waals surface area contributed by atoms with E-state index in [-0.39, 0.29) is 0 Å². The van der Waals surface area contributed by atoms with Crippen molar-refractivity contribution in [2.24, 2.45) is 0 Å². The van der Waals surface area contributed by atoms with Gasteiger partial charge in [-0.3, -0.25) is 0 Å². The molecular formula is C16H14Si. The summed E-state index contributed by atoms with van der Waals surface area (Å²) in [5.41, 5.74) is 4.93. The number of hydrogen-bond donors (Lipinski definition) is 0. The lowest BCUT2D eigenvalue weighted by Gasteiger charge is -2.09. The van der Waals surface area contributed by atoms with Crippen molar-refractivity contribution >= 4 is 20.3 Å². The molecular weight excluding hydrogens is 220 g/mol. The van der Waals surface area contributed by atoms with E-state index in [9.17, 15) is 0 Å². The maximum absolute atomic E-state index is 2.41. The molecule has 0 saturated heterocycles. The Bertz CT molecular complexity index is 555. The molecule has 1 atom stereocenters. The lowest BCUT2D eigenvalue weighted by atomic mass is 10.1. The highest BCUT2D eigenvalue weighted by atomic mass is 28.2. The Morgan fingerprint density at radius 1 is 0.882 bits per heavy atom. The van der Waals surface area contributed by atoms with Crippen LogP contribution in [0.3, 0.4) is 0 Å². The molecule has 2 aromatic rings. The van der Waals surface area contributed by atoms with Gasteiger partial charge >= 0.3 is 0 Å². The molecule has 0 spiro atoms. The normalized spacial score (nSPS) is 17.7. The second kappa shape index (κ2) is 4.34. The Morgan fingerprint density at radius 3 is 2.41 bits per heavy atom. The maximum atomic E-state index is 2.41. The third-order valence-electron chi connectivity index (χ3n) is 3.23. The molecule has 17 heavy (non-hydrogen) atoms. The van der Waals surface area contributed by atoms with E-state index in [0.717, 1.165) is 9.52 Å². The minimum absolute atomic E-state index is 0.577. The molecule has 0 bridgehead atoms. The monoisotopic (exact) mass is 234 g/mol. The van der Waals surface area contributed by atoms with Gasteiger partial charge in [-0.1, -0.05) is 65.9 Å². The number of hydrogen-bond acceptors (Lipinski definition) is 0. The van der Waals surface area contributed by atoms with Crippen molar-refractivity contribution in [2.75, 3.05) is 0 Å². The molecule has 82 valence electrons. The average molecular weight is 234 g/mol. The SMILES string of the molecule is CC1=CC([Si]c2ccccc2)c2ccccc21. The van der Waals surface area contributed by atoms with E-state index in [1.807, 2.05) is 0 Å². The lowest BCUT2D eigenvalue weighted by Crippen LogP contribution is -2.19. The largest absolute Gasteiger partial charge is 0.0940 e. The second-order valence-corrected chi connectivity index (χ2v) is 5.91. The number of benzene rings is 2. The van der Waals surface area contributed by atoms with Crippen LogP contribution in [0, 0.1) is 0 Å². The van der Waals surface area contributed by atoms with E-state index in [4.69, 9.17) is 0 Å². The lowest BCUT2D eigenvalue weighted by molar-refractivity contribution is 1.23. The fourth-order valence-corrected chi connectivity index (χ4v) is 3.87. The second-order valence-electron chi connectivity index (χ2n) is 4.42. The molecule has 0 fully saturated rings. The van der Waals surface area contributed by atoms with Gasteiger partial charge in [0.15, 0.2) is 0 Å². The van der Waals surface area contributed by atoms with E-state index in [1.54, 1.807) is 0 Å². The smallest absolute Gasteiger partial charge is 0.0763 e. The van der Waals surface area contributed by atoms with Gasteiger partial charge in [-0.25, -0.2) is 0 Å². The van der Waals surface area contributed by atoms with E-state index in [0.29, 0.717) is 5.54 Å². The summed E-state index contributed by atoms with van der Waals surface area (Å²) in [6.45, 7) is 2.22. The van der Waals surface area contributed by atoms with Crippen molar-refractivity contribution < 1.29 is 0 Å². The zero-order chi connectivity index (χ0) is 11.7. The van der Waals surface area contributed by atoms with Gasteiger partial charge in [0.25, 0.3) is 0 Å². The highest BCUT2D eigenvalue weighted by Gasteiger charge is 2.21. The molecule has 1 aliphatic carbocycles. The molecule has 0 saturated carbocycles. The van der Waals surface area contributed by atoms with Gasteiger partial charge in [0.1, 0.15) is 0 Å². The third kappa shape index (κ3) is 1.98. The minimum Gasteiger partial charge on any atom is -0.0763 e. The summed E-state index contributed by atoms with van der Waals surface area (Å²) in [5.74, 6) is 0. The van der Waals surface area contributed by atoms with Crippen LogP contribution in [0.2, 0.25) is 0 Å². The van der Waals surface area contributed by atoms with Gasteiger partial charge < -0.3 is 0 Å². The van der Waals surface area contributed by atoms with Crippen LogP contribution in [-0.4, -0.2) is 9.52 Å². The van der Waals surface area contributed by atoms with Crippen LogP contribution in [0.1, 0.15) is 23.6 Å². The zero-order valence-corrected chi connectivity index (χ0v) is 10.9. The van der Waals surface area contributed by atoms with Gasteiger partial charge in [-0.15, -0.1) is 0 Å². The summed E-state index contributed by atoms with van der Waals surface area (Å²) in [6.07, 6.45) is 2.41. The number of allylic oxidation sites excluding steroid dienone is 2. The van der Waals surface area contributed by atoms with E-state index in [2.05, 4.69) is 67.6 Å². The summed E-state index contributed by atoms with van der Waals surface area (Å²) in [5, 5.41) is 1.44. The van der Waals surface area contributed by atoms with E-state index >= 15 is 0 Å². The summed E-state index contributed by atoms with van der Waals surface area (Å²) in [6, 6.07) is 19.6. The van der Waals surface area contributed by atoms with Crippen LogP contribution in [0.5, 0.6) is 0 Å². The Morgan fingerprint density at radius 2 is 1.59 bits per heavy atom. The first-order valence-corrected chi connectivity index (χ1v) is 7.01. The zero-order valence-electron chi connectivity index (χ0n) is 9.85. The molecule has 1 unspecified atom stereocenters. The molecule has 0 heterocycles. The first-order valence-electron chi connectivity index (χ1n) is 5.94. The van der Waals surface area contributed by atoms with Gasteiger partial charge in [-0.05, 0) is 29.2 Å². The van der Waals surface area contributed by atoms with Gasteiger partial charge in [0.2, 0.25) is 0 Å². The molecule has 0 aromatic heterocycles. The fraction of sp³-hybridized carbons (Fsp3) is 0.125. The van der Waals surface area contributed by atoms with Crippen LogP contribution in [0.4, 0.5) is 0 Å². The topological polar surface area (TPSA) is 0 Å². The van der Waals surface area contributed by atoms with Crippen LogP contribution in [-0.2, 0) is 0 Å². The third-order valence-corrected chi connectivity index (χ3v) is 4.69. The van der Waals surface area contributed by atoms with Gasteiger partial charge in [-0.2, -0.15) is 0 Å². The quantitative estimate of drug-likeness (QED) is 0.700. The van der Waals surface area contributed by atoms with Crippen molar-refractivity contribution in [2.45, 2.75) is 12.5 Å². The standard InChI is InChI=1S/C16H14Si/c1-12-11-16(15-10-6-5-9-14(12)15)17-13-7-3-2-4-8-13/h2-11,16H,1H3. The molecule has 0 N–H and O–H groups in total. The van der Waals surface area contributed by atoms with Crippen molar-refractivity contribution in [3.63, 3.8) is 0 Å². The summed E-state index contributed by atoms with van der Waals surface area (Å²) in [4.78, 5) is 0. The summed E-state index contributed by atoms with van der Waals surface area (Å²) < 4.78 is 0. The molecule has 2 radical (unpaired) electrons. The summed E-state index contributed by atoms with van der Waals surface area (Å²) >= 11 is 0. The fourth-order valence-electron chi connectivity index (χ4n) is 2.39. The highest BCUT2D eigenvalue weighted by molar-refractivity contribution is 6.56. The predicted molar refractivity (Wildman–Crippen MR) is 74.7 cm³/mol. The molecule has 0 amide bonds. The van der Waals surface area contributed by atoms with E-state index in [1.165, 1.54) is 21.9 Å². The molecule has 1 heteroatoms. The highest BCUT2D eigenvalue weighted by Crippen LogP contribution is 2.34. The Hall–Kier alpha value is -1.60. The first kappa shape index (κ1) is 10.5. The van der Waals surface area contributed by atoms with Crippen LogP contribution >= 0.6 is 0 Å². The van der Waals surface area contributed by atoms with Gasteiger partial charge in [0, 0.05) is 0 Å². The Labute approximate surface area is 105 Å². The van der Waals surface area contributed by atoms with Crippen molar-refractivity contribution in [3.8, 4) is 0 Å². The van der Waals surface area contributed by atoms with Crippen LogP contribution in [0.25, 0.3) is 5.57 Å². The minimum atomic E-state index is 0.577. The Kier molecular flexibility index (Phi) is 2.69. The van der Waals surface area contributed by atoms with Crippen molar-refractivity contribution in [1.82, 2.24) is 0 Å². The molecule has 0 aliphatic heterocycles. The molecule has 3 rings (SSSR count). The van der Waals surface area contributed by atoms with Crippen molar-refractivity contribution in [3.05, 3.63) is 71.8 Å². The van der Waals surface area contributed by atoms with Crippen molar-refractivity contribution in [1.29, 1.82) is 0 Å². The molecule has 1 aliphatic rings. The Balaban J connectivity index is 1.92.